The maximum atomic E-state index is 13.1. The predicted octanol–water partition coefficient (Wildman–Crippen LogP) is 6.34. The Kier molecular flexibility index (Phi) is 9.61. The number of halogens is 2. The van der Waals surface area contributed by atoms with Gasteiger partial charge < -0.3 is 24.0 Å². The average Bonchev–Trinajstić information content (AvgIpc) is 3.63. The molecule has 0 N–H and O–H groups in total. The van der Waals surface area contributed by atoms with E-state index in [0.717, 1.165) is 55.2 Å². The molecule has 2 aromatic carbocycles. The van der Waals surface area contributed by atoms with E-state index in [2.05, 4.69) is 52.8 Å². The molecule has 46 heavy (non-hydrogen) atoms. The van der Waals surface area contributed by atoms with Gasteiger partial charge in [-0.25, -0.2) is 19.0 Å². The van der Waals surface area contributed by atoms with Gasteiger partial charge in [0.15, 0.2) is 5.79 Å². The van der Waals surface area contributed by atoms with E-state index in [4.69, 9.17) is 37.4 Å². The Morgan fingerprint density at radius 1 is 0.978 bits per heavy atom. The molecule has 0 radical (unpaired) electrons. The van der Waals surface area contributed by atoms with E-state index in [-0.39, 0.29) is 17.8 Å². The normalized spacial score (nSPS) is 20.8. The zero-order valence-corrected chi connectivity index (χ0v) is 28.1. The van der Waals surface area contributed by atoms with Crippen LogP contribution in [0.2, 0.25) is 10.0 Å². The number of nitrogens with zero attached hydrogens (tertiary/aromatic N) is 6. The number of aromatic nitrogens is 4. The van der Waals surface area contributed by atoms with Gasteiger partial charge in [0, 0.05) is 48.5 Å². The maximum Gasteiger partial charge on any atom is 0.350 e. The van der Waals surface area contributed by atoms with E-state index in [1.807, 2.05) is 43.5 Å². The quantitative estimate of drug-likeness (QED) is 0.194. The number of hydrogen-bond donors (Lipinski definition) is 0. The van der Waals surface area contributed by atoms with Crippen LogP contribution in [-0.2, 0) is 15.3 Å². The lowest BCUT2D eigenvalue weighted by Crippen LogP contribution is -2.46. The zero-order chi connectivity index (χ0) is 32.4. The Morgan fingerprint density at radius 2 is 1.65 bits per heavy atom. The fourth-order valence-electron chi connectivity index (χ4n) is 6.24. The fourth-order valence-corrected chi connectivity index (χ4v) is 6.82. The second kappa shape index (κ2) is 13.7. The summed E-state index contributed by atoms with van der Waals surface area (Å²) >= 11 is 12.4. The van der Waals surface area contributed by atoms with Crippen molar-refractivity contribution in [3.63, 3.8) is 0 Å². The molecule has 0 spiro atoms. The summed E-state index contributed by atoms with van der Waals surface area (Å²) in [5.41, 5.74) is 3.63. The number of pyridine rings is 1. The number of piperazine rings is 1. The highest BCUT2D eigenvalue weighted by atomic mass is 35.5. The fraction of sp³-hybridized carbons (Fsp3) is 0.441. The number of benzene rings is 2. The molecule has 2 saturated heterocycles. The Balaban J connectivity index is 0.994. The lowest BCUT2D eigenvalue weighted by Gasteiger charge is -2.37. The van der Waals surface area contributed by atoms with Crippen LogP contribution in [0, 0.1) is 5.92 Å². The van der Waals surface area contributed by atoms with E-state index in [1.165, 1.54) is 0 Å². The molecule has 10 nitrogen and oxygen atoms in total. The first-order chi connectivity index (χ1) is 22.1. The van der Waals surface area contributed by atoms with Gasteiger partial charge in [0.05, 0.1) is 35.2 Å². The van der Waals surface area contributed by atoms with Gasteiger partial charge >= 0.3 is 5.69 Å². The summed E-state index contributed by atoms with van der Waals surface area (Å²) in [4.78, 5) is 22.3. The number of hydrogen-bond acceptors (Lipinski definition) is 8. The van der Waals surface area contributed by atoms with Crippen molar-refractivity contribution < 1.29 is 14.2 Å². The highest BCUT2D eigenvalue weighted by Crippen LogP contribution is 2.38. The minimum absolute atomic E-state index is 0.0866. The summed E-state index contributed by atoms with van der Waals surface area (Å²) in [6.45, 7) is 12.3. The van der Waals surface area contributed by atoms with Crippen molar-refractivity contribution in [2.75, 3.05) is 49.2 Å². The Hall–Kier alpha value is -3.57. The monoisotopic (exact) mass is 666 g/mol. The van der Waals surface area contributed by atoms with Crippen LogP contribution in [-0.4, -0.2) is 64.8 Å². The van der Waals surface area contributed by atoms with Crippen LogP contribution in [0.3, 0.4) is 0 Å². The lowest BCUT2D eigenvalue weighted by molar-refractivity contribution is -0.164. The van der Waals surface area contributed by atoms with Crippen LogP contribution < -0.4 is 20.2 Å². The van der Waals surface area contributed by atoms with Gasteiger partial charge in [0.1, 0.15) is 19.0 Å². The zero-order valence-electron chi connectivity index (χ0n) is 26.6. The largest absolute Gasteiger partial charge is 0.475 e. The minimum Gasteiger partial charge on any atom is -0.475 e. The second-order valence-electron chi connectivity index (χ2n) is 12.2. The van der Waals surface area contributed by atoms with Gasteiger partial charge in [-0.05, 0) is 61.7 Å². The highest BCUT2D eigenvalue weighted by Gasteiger charge is 2.40. The summed E-state index contributed by atoms with van der Waals surface area (Å²) < 4.78 is 21.3. The second-order valence-corrected chi connectivity index (χ2v) is 13.1. The van der Waals surface area contributed by atoms with Crippen molar-refractivity contribution in [1.29, 1.82) is 0 Å². The third-order valence-corrected chi connectivity index (χ3v) is 9.38. The summed E-state index contributed by atoms with van der Waals surface area (Å²) in [6.07, 6.45) is 4.07. The van der Waals surface area contributed by atoms with E-state index >= 15 is 0 Å². The van der Waals surface area contributed by atoms with Crippen molar-refractivity contribution in [3.05, 3.63) is 93.2 Å². The third kappa shape index (κ3) is 6.76. The summed E-state index contributed by atoms with van der Waals surface area (Å²) in [6, 6.07) is 17.4. The van der Waals surface area contributed by atoms with Gasteiger partial charge in [-0.15, -0.1) is 0 Å². The molecule has 0 aliphatic carbocycles. The summed E-state index contributed by atoms with van der Waals surface area (Å²) in [5, 5.41) is 5.46. The Labute approximate surface area is 279 Å². The molecule has 2 aliphatic rings. The highest BCUT2D eigenvalue weighted by molar-refractivity contribution is 6.35. The molecular formula is C34H40Cl2N6O4. The predicted molar refractivity (Wildman–Crippen MR) is 181 cm³/mol. The van der Waals surface area contributed by atoms with Crippen LogP contribution in [0.1, 0.15) is 45.7 Å². The first kappa shape index (κ1) is 32.4. The summed E-state index contributed by atoms with van der Waals surface area (Å²) in [7, 11) is 0. The number of ether oxygens (including phenoxy) is 3. The molecule has 244 valence electrons. The molecule has 3 atom stereocenters. The molecule has 6 rings (SSSR count). The SMILES string of the molecule is CC[C@@H](C(C)C)n1ncn(-c2ccc(N3CCN(c4ccc(OC[C@H]5CO[C@](C)(c6ccc(Cl)cc6Cl)O5)nc4)CC3)cc2)c1=O. The third-order valence-electron chi connectivity index (χ3n) is 8.83. The van der Waals surface area contributed by atoms with Gasteiger partial charge in [-0.2, -0.15) is 5.10 Å². The molecule has 0 saturated carbocycles. The number of anilines is 2. The molecule has 2 fully saturated rings. The van der Waals surface area contributed by atoms with Crippen LogP contribution in [0.4, 0.5) is 11.4 Å². The molecule has 4 aromatic rings. The lowest BCUT2D eigenvalue weighted by atomic mass is 10.0. The van der Waals surface area contributed by atoms with Crippen LogP contribution >= 0.6 is 23.2 Å². The maximum absolute atomic E-state index is 13.1. The Morgan fingerprint density at radius 3 is 2.28 bits per heavy atom. The smallest absolute Gasteiger partial charge is 0.350 e. The van der Waals surface area contributed by atoms with Crippen molar-refractivity contribution >= 4 is 34.6 Å². The van der Waals surface area contributed by atoms with Gasteiger partial charge in [-0.3, -0.25) is 0 Å². The first-order valence-corrected chi connectivity index (χ1v) is 16.5. The molecule has 4 heterocycles. The van der Waals surface area contributed by atoms with E-state index in [9.17, 15) is 4.79 Å². The number of rotatable bonds is 10. The molecule has 0 amide bonds. The van der Waals surface area contributed by atoms with E-state index in [0.29, 0.717) is 35.1 Å². The summed E-state index contributed by atoms with van der Waals surface area (Å²) in [5.74, 6) is -0.100. The van der Waals surface area contributed by atoms with Crippen LogP contribution in [0.15, 0.2) is 71.9 Å². The molecule has 0 bridgehead atoms. The van der Waals surface area contributed by atoms with Crippen LogP contribution in [0.5, 0.6) is 5.88 Å². The van der Waals surface area contributed by atoms with Crippen molar-refractivity contribution in [2.45, 2.75) is 52.0 Å². The topological polar surface area (TPSA) is 86.9 Å². The minimum atomic E-state index is -0.966. The molecule has 2 aliphatic heterocycles. The van der Waals surface area contributed by atoms with Gasteiger partial charge in [-0.1, -0.05) is 50.0 Å². The average molecular weight is 668 g/mol. The van der Waals surface area contributed by atoms with E-state index in [1.54, 1.807) is 27.7 Å². The standard InChI is InChI=1S/C34H40Cl2N6O4/c1-5-31(23(2)3)42-33(43)41(22-38-42)26-9-7-25(8-10-26)39-14-16-40(17-15-39)27-11-13-32(37-19-27)44-20-28-21-45-34(4,46-28)29-12-6-24(35)18-30(29)36/h6-13,18-19,22-23,28,31H,5,14-17,20-21H2,1-4H3/t28-,31-,34-/m0/s1. The Bertz CT molecular complexity index is 1690. The molecule has 12 heteroatoms. The first-order valence-electron chi connectivity index (χ1n) is 15.8. The van der Waals surface area contributed by atoms with E-state index < -0.39 is 5.79 Å². The van der Waals surface area contributed by atoms with Crippen molar-refractivity contribution in [2.24, 2.45) is 5.92 Å². The molecule has 0 unspecified atom stereocenters. The van der Waals surface area contributed by atoms with Crippen molar-refractivity contribution in [1.82, 2.24) is 19.3 Å². The van der Waals surface area contributed by atoms with Crippen molar-refractivity contribution in [3.8, 4) is 11.6 Å². The van der Waals surface area contributed by atoms with Crippen LogP contribution in [0.25, 0.3) is 5.69 Å². The molecular weight excluding hydrogens is 627 g/mol. The van der Waals surface area contributed by atoms with Gasteiger partial charge in [0.2, 0.25) is 5.88 Å². The molecule has 2 aromatic heterocycles. The van der Waals surface area contributed by atoms with Gasteiger partial charge in [0.25, 0.3) is 0 Å².